The Labute approximate surface area is 102 Å². The average molecular weight is 261 g/mol. The van der Waals surface area contributed by atoms with Gasteiger partial charge in [-0.2, -0.15) is 0 Å². The molecule has 1 rings (SSSR count). The molecule has 6 nitrogen and oxygen atoms in total. The Bertz CT molecular complexity index is 405. The molecule has 1 aromatic rings. The second-order valence-corrected chi connectivity index (χ2v) is 4.40. The summed E-state index contributed by atoms with van der Waals surface area (Å²) in [6, 6.07) is 0. The van der Waals surface area contributed by atoms with E-state index >= 15 is 0 Å². The lowest BCUT2D eigenvalue weighted by Crippen LogP contribution is -2.03. The summed E-state index contributed by atoms with van der Waals surface area (Å²) in [6.45, 7) is 2.37. The largest absolute Gasteiger partial charge is 0.479 e. The number of ether oxygens (including phenoxy) is 1. The molecule has 0 saturated heterocycles. The summed E-state index contributed by atoms with van der Waals surface area (Å²) in [7, 11) is 1.60. The molecular formula is C8H11N3O3S2. The van der Waals surface area contributed by atoms with E-state index in [1.54, 1.807) is 7.05 Å². The highest BCUT2D eigenvalue weighted by atomic mass is 32.2. The fourth-order valence-electron chi connectivity index (χ4n) is 1.02. The predicted octanol–water partition coefficient (Wildman–Crippen LogP) is 1.88. The van der Waals surface area contributed by atoms with Crippen molar-refractivity contribution in [3.63, 3.8) is 0 Å². The molecule has 8 heteroatoms. The highest BCUT2D eigenvalue weighted by Crippen LogP contribution is 2.18. The van der Waals surface area contributed by atoms with Crippen LogP contribution in [0, 0.1) is 10.1 Å². The van der Waals surface area contributed by atoms with Crippen molar-refractivity contribution in [3.05, 3.63) is 22.1 Å². The van der Waals surface area contributed by atoms with Crippen molar-refractivity contribution in [2.75, 3.05) is 6.61 Å². The molecule has 88 valence electrons. The Balaban J connectivity index is 2.61. The molecule has 1 heterocycles. The Morgan fingerprint density at radius 1 is 1.81 bits per heavy atom. The van der Waals surface area contributed by atoms with E-state index in [1.807, 2.05) is 6.92 Å². The van der Waals surface area contributed by atoms with E-state index in [9.17, 15) is 10.1 Å². The minimum Gasteiger partial charge on any atom is -0.479 e. The van der Waals surface area contributed by atoms with Crippen LogP contribution in [0.15, 0.2) is 6.20 Å². The maximum absolute atomic E-state index is 10.6. The van der Waals surface area contributed by atoms with Gasteiger partial charge in [-0.05, 0) is 24.1 Å². The number of hydrogen-bond acceptors (Lipinski definition) is 6. The van der Waals surface area contributed by atoms with Crippen LogP contribution in [0.5, 0.6) is 0 Å². The molecule has 16 heavy (non-hydrogen) atoms. The molecule has 1 aromatic heterocycles. The number of thioether (sulfide) groups is 1. The van der Waals surface area contributed by atoms with Crippen LogP contribution in [0.4, 0.5) is 5.82 Å². The molecule has 0 unspecified atom stereocenters. The molecular weight excluding hydrogens is 250 g/mol. The Hall–Kier alpha value is -1.15. The summed E-state index contributed by atoms with van der Waals surface area (Å²) in [5.41, 5.74) is 0. The summed E-state index contributed by atoms with van der Waals surface area (Å²) < 4.78 is 6.94. The van der Waals surface area contributed by atoms with Gasteiger partial charge in [-0.25, -0.2) is 9.55 Å². The zero-order valence-electron chi connectivity index (χ0n) is 8.87. The molecule has 0 fully saturated rings. The standard InChI is InChI=1S/C8H11N3O3S2/c1-3-14-8(15)16-5-6-9-4-7(10(6)2)11(12)13/h4H,3,5H2,1-2H3. The van der Waals surface area contributed by atoms with Crippen LogP contribution in [-0.4, -0.2) is 25.5 Å². The third-order valence-electron chi connectivity index (χ3n) is 1.83. The van der Waals surface area contributed by atoms with E-state index in [1.165, 1.54) is 22.5 Å². The Kier molecular flexibility index (Phi) is 4.69. The Morgan fingerprint density at radius 2 is 2.50 bits per heavy atom. The number of rotatable bonds is 4. The molecule has 0 bridgehead atoms. The van der Waals surface area contributed by atoms with Gasteiger partial charge >= 0.3 is 5.82 Å². The number of hydrogen-bond donors (Lipinski definition) is 0. The van der Waals surface area contributed by atoms with E-state index in [-0.39, 0.29) is 5.82 Å². The van der Waals surface area contributed by atoms with Gasteiger partial charge < -0.3 is 14.9 Å². The van der Waals surface area contributed by atoms with Crippen LogP contribution in [0.25, 0.3) is 0 Å². The number of imidazole rings is 1. The van der Waals surface area contributed by atoms with Crippen molar-refractivity contribution in [1.29, 1.82) is 0 Å². The molecule has 0 radical (unpaired) electrons. The van der Waals surface area contributed by atoms with Crippen LogP contribution in [0.3, 0.4) is 0 Å². The lowest BCUT2D eigenvalue weighted by Gasteiger charge is -2.02. The van der Waals surface area contributed by atoms with Gasteiger partial charge in [-0.1, -0.05) is 11.8 Å². The Morgan fingerprint density at radius 3 is 3.00 bits per heavy atom. The SMILES string of the molecule is CCOC(=S)SCc1ncc([N+](=O)[O-])n1C. The molecule has 0 spiro atoms. The van der Waals surface area contributed by atoms with Crippen molar-refractivity contribution < 1.29 is 9.66 Å². The summed E-state index contributed by atoms with van der Waals surface area (Å²) >= 11 is 6.22. The molecule has 0 atom stereocenters. The first-order valence-corrected chi connectivity index (χ1v) is 5.90. The number of nitro groups is 1. The predicted molar refractivity (Wildman–Crippen MR) is 65.4 cm³/mol. The van der Waals surface area contributed by atoms with E-state index in [4.69, 9.17) is 17.0 Å². The van der Waals surface area contributed by atoms with Crippen molar-refractivity contribution >= 4 is 34.2 Å². The first kappa shape index (κ1) is 12.9. The number of nitrogens with zero attached hydrogens (tertiary/aromatic N) is 3. The fraction of sp³-hybridized carbons (Fsp3) is 0.500. The fourth-order valence-corrected chi connectivity index (χ4v) is 2.04. The van der Waals surface area contributed by atoms with Crippen LogP contribution in [0.1, 0.15) is 12.7 Å². The van der Waals surface area contributed by atoms with Crippen molar-refractivity contribution in [3.8, 4) is 0 Å². The number of aromatic nitrogens is 2. The highest BCUT2D eigenvalue weighted by Gasteiger charge is 2.16. The molecule has 0 aromatic carbocycles. The van der Waals surface area contributed by atoms with E-state index < -0.39 is 4.92 Å². The average Bonchev–Trinajstić information content (AvgIpc) is 2.57. The van der Waals surface area contributed by atoms with Gasteiger partial charge in [0.1, 0.15) is 6.20 Å². The molecule has 0 aliphatic rings. The minimum absolute atomic E-state index is 0.0297. The third-order valence-corrected chi connectivity index (χ3v) is 3.06. The monoisotopic (exact) mass is 261 g/mol. The normalized spacial score (nSPS) is 10.1. The molecule has 0 saturated carbocycles. The van der Waals surface area contributed by atoms with Gasteiger partial charge in [-0.15, -0.1) is 0 Å². The van der Waals surface area contributed by atoms with Crippen molar-refractivity contribution in [2.45, 2.75) is 12.7 Å². The lowest BCUT2D eigenvalue weighted by molar-refractivity contribution is -0.391. The summed E-state index contributed by atoms with van der Waals surface area (Å²) in [4.78, 5) is 14.0. The maximum atomic E-state index is 10.6. The van der Waals surface area contributed by atoms with Gasteiger partial charge in [0, 0.05) is 0 Å². The molecule has 0 N–H and O–H groups in total. The molecule has 0 aliphatic carbocycles. The first-order valence-electron chi connectivity index (χ1n) is 4.50. The molecule has 0 amide bonds. The van der Waals surface area contributed by atoms with Gasteiger partial charge in [-0.3, -0.25) is 0 Å². The van der Waals surface area contributed by atoms with E-state index in [2.05, 4.69) is 4.98 Å². The zero-order chi connectivity index (χ0) is 12.1. The van der Waals surface area contributed by atoms with Gasteiger partial charge in [0.25, 0.3) is 0 Å². The minimum atomic E-state index is -0.470. The van der Waals surface area contributed by atoms with Crippen molar-refractivity contribution in [2.24, 2.45) is 7.05 Å². The summed E-state index contributed by atoms with van der Waals surface area (Å²) in [5.74, 6) is 1.03. The molecule has 0 aliphatic heterocycles. The topological polar surface area (TPSA) is 70.2 Å². The smallest absolute Gasteiger partial charge is 0.342 e. The summed E-state index contributed by atoms with van der Waals surface area (Å²) in [5, 5.41) is 10.6. The summed E-state index contributed by atoms with van der Waals surface area (Å²) in [6.07, 6.45) is 1.24. The van der Waals surface area contributed by atoms with Crippen LogP contribution in [0.2, 0.25) is 0 Å². The van der Waals surface area contributed by atoms with Gasteiger partial charge in [0.2, 0.25) is 10.2 Å². The zero-order valence-corrected chi connectivity index (χ0v) is 10.5. The lowest BCUT2D eigenvalue weighted by atomic mass is 10.7. The number of thiocarbonyl (C=S) groups is 1. The maximum Gasteiger partial charge on any atom is 0.342 e. The second kappa shape index (κ2) is 5.80. The van der Waals surface area contributed by atoms with Crippen LogP contribution in [-0.2, 0) is 17.5 Å². The van der Waals surface area contributed by atoms with Gasteiger partial charge in [0.15, 0.2) is 0 Å². The first-order chi connectivity index (χ1) is 7.56. The second-order valence-electron chi connectivity index (χ2n) is 2.82. The van der Waals surface area contributed by atoms with Crippen LogP contribution < -0.4 is 0 Å². The van der Waals surface area contributed by atoms with E-state index in [0.717, 1.165) is 0 Å². The van der Waals surface area contributed by atoms with Crippen LogP contribution >= 0.6 is 24.0 Å². The van der Waals surface area contributed by atoms with Gasteiger partial charge in [0.05, 0.1) is 19.4 Å². The highest BCUT2D eigenvalue weighted by molar-refractivity contribution is 8.22. The van der Waals surface area contributed by atoms with Crippen molar-refractivity contribution in [1.82, 2.24) is 9.55 Å². The quantitative estimate of drug-likeness (QED) is 0.468. The third kappa shape index (κ3) is 3.17. The van der Waals surface area contributed by atoms with E-state index in [0.29, 0.717) is 22.6 Å².